The number of aromatic hydroxyl groups is 1. The topological polar surface area (TPSA) is 66.8 Å². The van der Waals surface area contributed by atoms with Gasteiger partial charge in [-0.05, 0) is 61.6 Å². The number of rotatable bonds is 4. The van der Waals surface area contributed by atoms with Crippen molar-refractivity contribution in [1.82, 2.24) is 0 Å². The van der Waals surface area contributed by atoms with Crippen LogP contribution in [0.4, 0.5) is 0 Å². The van der Waals surface area contributed by atoms with Crippen LogP contribution >= 0.6 is 0 Å². The number of carbonyl (C=O) groups excluding carboxylic acids is 1. The first-order valence-electron chi connectivity index (χ1n) is 7.43. The summed E-state index contributed by atoms with van der Waals surface area (Å²) >= 11 is 0. The summed E-state index contributed by atoms with van der Waals surface area (Å²) in [5.74, 6) is 0.643. The lowest BCUT2D eigenvalue weighted by Gasteiger charge is -2.36. The zero-order valence-corrected chi connectivity index (χ0v) is 13.0. The minimum absolute atomic E-state index is 0.00227. The number of ether oxygens (including phenoxy) is 1. The number of aliphatic hydroxyl groups is 1. The van der Waals surface area contributed by atoms with Crippen LogP contribution in [0.1, 0.15) is 61.4 Å². The van der Waals surface area contributed by atoms with Crippen molar-refractivity contribution in [1.29, 1.82) is 0 Å². The molecule has 1 saturated carbocycles. The average Bonchev–Trinajstić information content (AvgIpc) is 2.48. The third-order valence-electron chi connectivity index (χ3n) is 4.74. The predicted molar refractivity (Wildman–Crippen MR) is 81.1 cm³/mol. The largest absolute Gasteiger partial charge is 0.504 e. The molecular weight excluding hydrogens is 268 g/mol. The van der Waals surface area contributed by atoms with Gasteiger partial charge in [0, 0.05) is 12.2 Å². The van der Waals surface area contributed by atoms with E-state index < -0.39 is 0 Å². The lowest BCUT2D eigenvalue weighted by molar-refractivity contribution is 0.0926. The van der Waals surface area contributed by atoms with Gasteiger partial charge in [-0.2, -0.15) is 0 Å². The fourth-order valence-electron chi connectivity index (χ4n) is 3.17. The minimum atomic E-state index is -0.0431. The number of phenols is 1. The van der Waals surface area contributed by atoms with E-state index in [2.05, 4.69) is 6.92 Å². The smallest absolute Gasteiger partial charge is 0.160 e. The van der Waals surface area contributed by atoms with E-state index in [9.17, 15) is 15.0 Å². The zero-order chi connectivity index (χ0) is 15.6. The van der Waals surface area contributed by atoms with Gasteiger partial charge in [0.05, 0.1) is 7.11 Å². The van der Waals surface area contributed by atoms with Gasteiger partial charge in [-0.25, -0.2) is 0 Å². The SMILES string of the molecule is COc1cc([C@H]2CC[C@](C)(CO)CC2)c(C(C)=O)cc1O. The Labute approximate surface area is 125 Å². The van der Waals surface area contributed by atoms with E-state index >= 15 is 0 Å². The highest BCUT2D eigenvalue weighted by Gasteiger charge is 2.32. The molecule has 0 heterocycles. The molecule has 0 aliphatic heterocycles. The summed E-state index contributed by atoms with van der Waals surface area (Å²) in [5.41, 5.74) is 1.52. The Kier molecular flexibility index (Phi) is 4.57. The van der Waals surface area contributed by atoms with Crippen molar-refractivity contribution in [2.75, 3.05) is 13.7 Å². The number of Topliss-reactive ketones (excluding diaryl/α,β-unsaturated/α-hetero) is 1. The Hall–Kier alpha value is -1.55. The monoisotopic (exact) mass is 292 g/mol. The molecule has 1 aliphatic rings. The molecule has 4 heteroatoms. The summed E-state index contributed by atoms with van der Waals surface area (Å²) in [6.45, 7) is 3.83. The van der Waals surface area contributed by atoms with Crippen LogP contribution in [0.25, 0.3) is 0 Å². The summed E-state index contributed by atoms with van der Waals surface area (Å²) in [4.78, 5) is 11.9. The second-order valence-electron chi connectivity index (χ2n) is 6.41. The second kappa shape index (κ2) is 6.06. The Bertz CT molecular complexity index is 528. The van der Waals surface area contributed by atoms with Crippen molar-refractivity contribution in [2.24, 2.45) is 5.41 Å². The van der Waals surface area contributed by atoms with Crippen molar-refractivity contribution in [3.63, 3.8) is 0 Å². The number of hydrogen-bond acceptors (Lipinski definition) is 4. The summed E-state index contributed by atoms with van der Waals surface area (Å²) in [6.07, 6.45) is 3.75. The van der Waals surface area contributed by atoms with Crippen LogP contribution in [0.2, 0.25) is 0 Å². The van der Waals surface area contributed by atoms with Crippen LogP contribution in [0.5, 0.6) is 11.5 Å². The van der Waals surface area contributed by atoms with Crippen LogP contribution in [-0.4, -0.2) is 29.7 Å². The molecule has 1 aromatic carbocycles. The van der Waals surface area contributed by atoms with Crippen molar-refractivity contribution in [3.8, 4) is 11.5 Å². The van der Waals surface area contributed by atoms with Crippen LogP contribution in [0.3, 0.4) is 0 Å². The molecule has 0 aromatic heterocycles. The predicted octanol–water partition coefficient (Wildman–Crippen LogP) is 3.26. The average molecular weight is 292 g/mol. The molecule has 0 bridgehead atoms. The number of methoxy groups -OCH3 is 1. The lowest BCUT2D eigenvalue weighted by Crippen LogP contribution is -2.27. The third-order valence-corrected chi connectivity index (χ3v) is 4.74. The second-order valence-corrected chi connectivity index (χ2v) is 6.41. The Morgan fingerprint density at radius 3 is 2.48 bits per heavy atom. The summed E-state index contributed by atoms with van der Waals surface area (Å²) in [5, 5.41) is 19.3. The van der Waals surface area contributed by atoms with Gasteiger partial charge < -0.3 is 14.9 Å². The molecular formula is C17H24O4. The van der Waals surface area contributed by atoms with Gasteiger partial charge in [0.15, 0.2) is 17.3 Å². The van der Waals surface area contributed by atoms with E-state index in [1.807, 2.05) is 0 Å². The molecule has 0 spiro atoms. The van der Waals surface area contributed by atoms with Crippen LogP contribution < -0.4 is 4.74 Å². The molecule has 0 saturated heterocycles. The van der Waals surface area contributed by atoms with Crippen molar-refractivity contribution in [3.05, 3.63) is 23.3 Å². The number of hydrogen-bond donors (Lipinski definition) is 2. The molecule has 2 rings (SSSR count). The van der Waals surface area contributed by atoms with Crippen LogP contribution in [-0.2, 0) is 0 Å². The maximum Gasteiger partial charge on any atom is 0.160 e. The quantitative estimate of drug-likeness (QED) is 0.836. The van der Waals surface area contributed by atoms with E-state index in [-0.39, 0.29) is 29.5 Å². The molecule has 1 aromatic rings. The Morgan fingerprint density at radius 1 is 1.38 bits per heavy atom. The van der Waals surface area contributed by atoms with Crippen molar-refractivity contribution >= 4 is 5.78 Å². The highest BCUT2D eigenvalue weighted by molar-refractivity contribution is 5.96. The highest BCUT2D eigenvalue weighted by atomic mass is 16.5. The standard InChI is InChI=1S/C17H24O4/c1-11(19)13-8-15(20)16(21-3)9-14(13)12-4-6-17(2,10-18)7-5-12/h8-9,12,18,20H,4-7,10H2,1-3H3/t12-,17-. The van der Waals surface area contributed by atoms with E-state index in [1.165, 1.54) is 20.1 Å². The first kappa shape index (κ1) is 15.8. The zero-order valence-electron chi connectivity index (χ0n) is 13.0. The first-order valence-corrected chi connectivity index (χ1v) is 7.43. The number of carbonyl (C=O) groups is 1. The molecule has 2 N–H and O–H groups in total. The van der Waals surface area contributed by atoms with Crippen molar-refractivity contribution < 1.29 is 19.7 Å². The fourth-order valence-corrected chi connectivity index (χ4v) is 3.17. The molecule has 4 nitrogen and oxygen atoms in total. The summed E-state index contributed by atoms with van der Waals surface area (Å²) < 4.78 is 5.17. The van der Waals surface area contributed by atoms with Gasteiger partial charge in [-0.3, -0.25) is 4.79 Å². The molecule has 116 valence electrons. The highest BCUT2D eigenvalue weighted by Crippen LogP contribution is 2.45. The maximum absolute atomic E-state index is 11.9. The molecule has 21 heavy (non-hydrogen) atoms. The molecule has 0 radical (unpaired) electrons. The molecule has 0 unspecified atom stereocenters. The lowest BCUT2D eigenvalue weighted by atomic mass is 9.70. The van der Waals surface area contributed by atoms with Crippen LogP contribution in [0, 0.1) is 5.41 Å². The number of benzene rings is 1. The van der Waals surface area contributed by atoms with Gasteiger partial charge in [-0.1, -0.05) is 6.92 Å². The summed E-state index contributed by atoms with van der Waals surface area (Å²) in [6, 6.07) is 3.30. The Morgan fingerprint density at radius 2 is 2.00 bits per heavy atom. The van der Waals surface area contributed by atoms with Gasteiger partial charge in [0.1, 0.15) is 0 Å². The van der Waals surface area contributed by atoms with E-state index in [0.717, 1.165) is 31.2 Å². The van der Waals surface area contributed by atoms with Crippen LogP contribution in [0.15, 0.2) is 12.1 Å². The van der Waals surface area contributed by atoms with Gasteiger partial charge >= 0.3 is 0 Å². The maximum atomic E-state index is 11.9. The summed E-state index contributed by atoms with van der Waals surface area (Å²) in [7, 11) is 1.51. The third kappa shape index (κ3) is 3.21. The van der Waals surface area contributed by atoms with Gasteiger partial charge in [-0.15, -0.1) is 0 Å². The van der Waals surface area contributed by atoms with Crippen molar-refractivity contribution in [2.45, 2.75) is 45.4 Å². The van der Waals surface area contributed by atoms with Gasteiger partial charge in [0.25, 0.3) is 0 Å². The normalized spacial score (nSPS) is 25.6. The first-order chi connectivity index (χ1) is 9.90. The number of phenolic OH excluding ortho intramolecular Hbond substituents is 1. The molecule has 0 atom stereocenters. The fraction of sp³-hybridized carbons (Fsp3) is 0.588. The Balaban J connectivity index is 2.33. The van der Waals surface area contributed by atoms with Gasteiger partial charge in [0.2, 0.25) is 0 Å². The molecule has 1 aliphatic carbocycles. The molecule has 0 amide bonds. The van der Waals surface area contributed by atoms with E-state index in [4.69, 9.17) is 4.74 Å². The van der Waals surface area contributed by atoms with E-state index in [1.54, 1.807) is 6.07 Å². The minimum Gasteiger partial charge on any atom is -0.504 e. The number of ketones is 1. The van der Waals surface area contributed by atoms with E-state index in [0.29, 0.717) is 11.3 Å². The number of aliphatic hydroxyl groups excluding tert-OH is 1. The molecule has 1 fully saturated rings.